The van der Waals surface area contributed by atoms with Crippen LogP contribution in [0.25, 0.3) is 16.9 Å². The number of pyridine rings is 1. The molecular formula is C14H12ClN3O. The molecule has 0 aliphatic heterocycles. The van der Waals surface area contributed by atoms with Crippen LogP contribution in [0.3, 0.4) is 0 Å². The number of nitrogens with two attached hydrogens (primary N) is 1. The lowest BCUT2D eigenvalue weighted by Gasteiger charge is -2.02. The monoisotopic (exact) mass is 273 g/mol. The molecular weight excluding hydrogens is 262 g/mol. The second-order valence-electron chi connectivity index (χ2n) is 4.12. The third-order valence-corrected chi connectivity index (χ3v) is 3.29. The van der Waals surface area contributed by atoms with Crippen LogP contribution in [0.4, 0.5) is 5.82 Å². The number of anilines is 1. The fourth-order valence-electron chi connectivity index (χ4n) is 2.04. The van der Waals surface area contributed by atoms with E-state index in [4.69, 9.17) is 22.1 Å². The normalized spacial score (nSPS) is 10.8. The van der Waals surface area contributed by atoms with Crippen molar-refractivity contribution in [2.75, 3.05) is 12.8 Å². The zero-order valence-corrected chi connectivity index (χ0v) is 11.1. The van der Waals surface area contributed by atoms with Crippen LogP contribution in [0.5, 0.6) is 5.75 Å². The minimum absolute atomic E-state index is 0.533. The molecule has 0 spiro atoms. The van der Waals surface area contributed by atoms with Crippen molar-refractivity contribution in [2.24, 2.45) is 0 Å². The molecule has 0 fully saturated rings. The van der Waals surface area contributed by atoms with E-state index < -0.39 is 0 Å². The average Bonchev–Trinajstić information content (AvgIpc) is 2.78. The molecule has 0 unspecified atom stereocenters. The molecule has 0 atom stereocenters. The largest absolute Gasteiger partial charge is 0.497 e. The van der Waals surface area contributed by atoms with Gasteiger partial charge in [-0.1, -0.05) is 17.7 Å². The van der Waals surface area contributed by atoms with Gasteiger partial charge in [0.1, 0.15) is 28.1 Å². The van der Waals surface area contributed by atoms with E-state index >= 15 is 0 Å². The van der Waals surface area contributed by atoms with Crippen molar-refractivity contribution in [3.63, 3.8) is 0 Å². The number of aromatic nitrogens is 2. The number of benzene rings is 1. The molecule has 5 heteroatoms. The summed E-state index contributed by atoms with van der Waals surface area (Å²) in [5.41, 5.74) is 8.51. The van der Waals surface area contributed by atoms with Crippen molar-refractivity contribution >= 4 is 23.1 Å². The summed E-state index contributed by atoms with van der Waals surface area (Å²) in [6, 6.07) is 13.1. The van der Waals surface area contributed by atoms with Crippen LogP contribution in [0, 0.1) is 0 Å². The highest BCUT2D eigenvalue weighted by Crippen LogP contribution is 2.29. The minimum atomic E-state index is 0.533. The molecule has 0 radical (unpaired) electrons. The number of nitrogens with zero attached hydrogens (tertiary/aromatic N) is 2. The van der Waals surface area contributed by atoms with Crippen molar-refractivity contribution in [1.82, 2.24) is 9.38 Å². The number of fused-ring (bicyclic) bond motifs is 1. The minimum Gasteiger partial charge on any atom is -0.497 e. The van der Waals surface area contributed by atoms with Crippen molar-refractivity contribution in [3.8, 4) is 17.0 Å². The molecule has 0 saturated heterocycles. The van der Waals surface area contributed by atoms with Gasteiger partial charge in [0.15, 0.2) is 0 Å². The van der Waals surface area contributed by atoms with Crippen LogP contribution >= 0.6 is 11.6 Å². The van der Waals surface area contributed by atoms with Crippen LogP contribution in [0.1, 0.15) is 0 Å². The first-order chi connectivity index (χ1) is 9.20. The Kier molecular flexibility index (Phi) is 2.80. The fourth-order valence-corrected chi connectivity index (χ4v) is 2.29. The number of hydrogen-bond acceptors (Lipinski definition) is 3. The summed E-state index contributed by atoms with van der Waals surface area (Å²) in [6.45, 7) is 0. The number of ether oxygens (including phenoxy) is 1. The predicted octanol–water partition coefficient (Wildman–Crippen LogP) is 3.25. The van der Waals surface area contributed by atoms with Gasteiger partial charge < -0.3 is 10.5 Å². The fraction of sp³-hybridized carbons (Fsp3) is 0.0714. The maximum Gasteiger partial charge on any atom is 0.140 e. The third-order valence-electron chi connectivity index (χ3n) is 3.00. The number of imidazole rings is 1. The number of nitrogen functional groups attached to an aromatic ring is 1. The Bertz CT molecular complexity index is 734. The highest BCUT2D eigenvalue weighted by Gasteiger charge is 2.12. The van der Waals surface area contributed by atoms with E-state index in [9.17, 15) is 0 Å². The van der Waals surface area contributed by atoms with Crippen molar-refractivity contribution in [2.45, 2.75) is 0 Å². The lowest BCUT2D eigenvalue weighted by molar-refractivity contribution is 0.415. The SMILES string of the molecule is COc1ccc(-c2nc3cccc(Cl)n3c2N)cc1. The van der Waals surface area contributed by atoms with Crippen LogP contribution < -0.4 is 10.5 Å². The van der Waals surface area contributed by atoms with Crippen molar-refractivity contribution in [1.29, 1.82) is 0 Å². The Morgan fingerprint density at radius 2 is 1.89 bits per heavy atom. The van der Waals surface area contributed by atoms with Crippen LogP contribution in [0.15, 0.2) is 42.5 Å². The maximum absolute atomic E-state index is 6.13. The van der Waals surface area contributed by atoms with Crippen LogP contribution in [0.2, 0.25) is 5.15 Å². The molecule has 0 aliphatic rings. The standard InChI is InChI=1S/C14H12ClN3O/c1-19-10-7-5-9(6-8-10)13-14(16)18-11(15)3-2-4-12(18)17-13/h2-8H,16H2,1H3. The molecule has 0 bridgehead atoms. The highest BCUT2D eigenvalue weighted by atomic mass is 35.5. The number of methoxy groups -OCH3 is 1. The molecule has 0 amide bonds. The van der Waals surface area contributed by atoms with E-state index in [1.54, 1.807) is 17.6 Å². The van der Waals surface area contributed by atoms with Gasteiger partial charge in [0, 0.05) is 5.56 Å². The summed E-state index contributed by atoms with van der Waals surface area (Å²) >= 11 is 6.13. The molecule has 2 heterocycles. The Morgan fingerprint density at radius 1 is 1.16 bits per heavy atom. The van der Waals surface area contributed by atoms with Gasteiger partial charge in [-0.2, -0.15) is 0 Å². The first-order valence-electron chi connectivity index (χ1n) is 5.77. The average molecular weight is 274 g/mol. The lowest BCUT2D eigenvalue weighted by atomic mass is 10.1. The molecule has 1 aromatic carbocycles. The Morgan fingerprint density at radius 3 is 2.53 bits per heavy atom. The molecule has 96 valence electrons. The first kappa shape index (κ1) is 11.9. The first-order valence-corrected chi connectivity index (χ1v) is 6.15. The molecule has 0 aliphatic carbocycles. The van der Waals surface area contributed by atoms with Gasteiger partial charge in [-0.15, -0.1) is 0 Å². The summed E-state index contributed by atoms with van der Waals surface area (Å²) in [7, 11) is 1.63. The highest BCUT2D eigenvalue weighted by molar-refractivity contribution is 6.30. The smallest absolute Gasteiger partial charge is 0.140 e. The van der Waals surface area contributed by atoms with E-state index in [0.717, 1.165) is 22.7 Å². The summed E-state index contributed by atoms with van der Waals surface area (Å²) in [5, 5.41) is 0.544. The predicted molar refractivity (Wildman–Crippen MR) is 76.6 cm³/mol. The second kappa shape index (κ2) is 4.48. The topological polar surface area (TPSA) is 52.5 Å². The molecule has 0 saturated carbocycles. The van der Waals surface area contributed by atoms with E-state index in [0.29, 0.717) is 11.0 Å². The Labute approximate surface area is 115 Å². The van der Waals surface area contributed by atoms with E-state index in [2.05, 4.69) is 4.98 Å². The van der Waals surface area contributed by atoms with Crippen LogP contribution in [-0.4, -0.2) is 16.5 Å². The van der Waals surface area contributed by atoms with Gasteiger partial charge >= 0.3 is 0 Å². The Balaban J connectivity index is 2.19. The molecule has 2 N–H and O–H groups in total. The molecule has 4 nitrogen and oxygen atoms in total. The maximum atomic E-state index is 6.13. The number of rotatable bonds is 2. The third kappa shape index (κ3) is 1.90. The number of halogens is 1. The van der Waals surface area contributed by atoms with Gasteiger partial charge in [0.05, 0.1) is 7.11 Å². The molecule has 2 aromatic heterocycles. The zero-order chi connectivity index (χ0) is 13.4. The molecule has 3 rings (SSSR count). The van der Waals surface area contributed by atoms with Crippen LogP contribution in [-0.2, 0) is 0 Å². The van der Waals surface area contributed by atoms with Gasteiger partial charge in [-0.05, 0) is 36.4 Å². The van der Waals surface area contributed by atoms with Gasteiger partial charge in [-0.25, -0.2) is 4.98 Å². The lowest BCUT2D eigenvalue weighted by Crippen LogP contribution is -1.95. The quantitative estimate of drug-likeness (QED) is 0.729. The zero-order valence-electron chi connectivity index (χ0n) is 10.3. The van der Waals surface area contributed by atoms with Gasteiger partial charge in [-0.3, -0.25) is 4.40 Å². The summed E-state index contributed by atoms with van der Waals surface area (Å²) in [5.74, 6) is 1.33. The summed E-state index contributed by atoms with van der Waals surface area (Å²) in [6.07, 6.45) is 0. The molecule has 3 aromatic rings. The van der Waals surface area contributed by atoms with Crippen molar-refractivity contribution < 1.29 is 4.74 Å². The number of hydrogen-bond donors (Lipinski definition) is 1. The summed E-state index contributed by atoms with van der Waals surface area (Å²) in [4.78, 5) is 4.51. The second-order valence-corrected chi connectivity index (χ2v) is 4.50. The van der Waals surface area contributed by atoms with E-state index in [-0.39, 0.29) is 0 Å². The van der Waals surface area contributed by atoms with Gasteiger partial charge in [0.2, 0.25) is 0 Å². The van der Waals surface area contributed by atoms with Crippen molar-refractivity contribution in [3.05, 3.63) is 47.6 Å². The van der Waals surface area contributed by atoms with Gasteiger partial charge in [0.25, 0.3) is 0 Å². The molecule has 19 heavy (non-hydrogen) atoms. The Hall–Kier alpha value is -2.20. The van der Waals surface area contributed by atoms with E-state index in [1.165, 1.54) is 0 Å². The summed E-state index contributed by atoms with van der Waals surface area (Å²) < 4.78 is 6.86. The van der Waals surface area contributed by atoms with E-state index in [1.807, 2.05) is 36.4 Å².